The highest BCUT2D eigenvalue weighted by Crippen LogP contribution is 2.25. The molecule has 1 aromatic carbocycles. The average Bonchev–Trinajstić information content (AvgIpc) is 2.36. The molecular formula is C15H21F2N3O. The summed E-state index contributed by atoms with van der Waals surface area (Å²) in [7, 11) is 0. The summed E-state index contributed by atoms with van der Waals surface area (Å²) < 4.78 is 29.2. The molecule has 1 saturated carbocycles. The van der Waals surface area contributed by atoms with E-state index in [4.69, 9.17) is 5.73 Å². The molecule has 116 valence electrons. The number of guanidine groups is 1. The number of aryl methyl sites for hydroxylation is 1. The molecule has 6 heteroatoms. The number of ether oxygens (including phenoxy) is 1. The van der Waals surface area contributed by atoms with E-state index in [9.17, 15) is 8.78 Å². The van der Waals surface area contributed by atoms with Crippen molar-refractivity contribution in [2.45, 2.75) is 39.3 Å². The summed E-state index contributed by atoms with van der Waals surface area (Å²) >= 11 is 0. The van der Waals surface area contributed by atoms with Crippen LogP contribution in [0.15, 0.2) is 23.2 Å². The lowest BCUT2D eigenvalue weighted by molar-refractivity contribution is -0.0504. The molecule has 0 heterocycles. The van der Waals surface area contributed by atoms with Gasteiger partial charge in [0.2, 0.25) is 0 Å². The summed E-state index contributed by atoms with van der Waals surface area (Å²) in [5.41, 5.74) is 7.35. The molecule has 1 aromatic rings. The van der Waals surface area contributed by atoms with Gasteiger partial charge >= 0.3 is 6.61 Å². The third-order valence-corrected chi connectivity index (χ3v) is 3.65. The summed E-state index contributed by atoms with van der Waals surface area (Å²) in [6, 6.07) is 5.04. The van der Waals surface area contributed by atoms with Gasteiger partial charge in [0.1, 0.15) is 5.75 Å². The van der Waals surface area contributed by atoms with Crippen LogP contribution in [0, 0.1) is 12.8 Å². The van der Waals surface area contributed by atoms with Crippen LogP contribution in [0.1, 0.15) is 30.4 Å². The molecule has 0 aliphatic heterocycles. The summed E-state index contributed by atoms with van der Waals surface area (Å²) in [6.45, 7) is 0.0819. The van der Waals surface area contributed by atoms with Gasteiger partial charge in [-0.3, -0.25) is 0 Å². The molecular weight excluding hydrogens is 276 g/mol. The number of alkyl halides is 2. The topological polar surface area (TPSA) is 59.6 Å². The second-order valence-electron chi connectivity index (χ2n) is 5.37. The molecule has 3 N–H and O–H groups in total. The van der Waals surface area contributed by atoms with Crippen molar-refractivity contribution in [3.8, 4) is 5.75 Å². The molecule has 0 atom stereocenters. The van der Waals surface area contributed by atoms with Crippen LogP contribution < -0.4 is 15.8 Å². The van der Waals surface area contributed by atoms with E-state index in [1.165, 1.54) is 25.3 Å². The van der Waals surface area contributed by atoms with E-state index in [0.29, 0.717) is 17.4 Å². The van der Waals surface area contributed by atoms with Gasteiger partial charge in [0.15, 0.2) is 5.96 Å². The van der Waals surface area contributed by atoms with Crippen LogP contribution in [0.4, 0.5) is 8.78 Å². The highest BCUT2D eigenvalue weighted by atomic mass is 19.3. The largest absolute Gasteiger partial charge is 0.434 e. The van der Waals surface area contributed by atoms with Crippen LogP contribution in [0.25, 0.3) is 0 Å². The minimum atomic E-state index is -2.84. The molecule has 21 heavy (non-hydrogen) atoms. The van der Waals surface area contributed by atoms with Gasteiger partial charge in [-0.15, -0.1) is 0 Å². The average molecular weight is 297 g/mol. The first-order valence-electron chi connectivity index (χ1n) is 7.12. The van der Waals surface area contributed by atoms with Crippen LogP contribution in [0.3, 0.4) is 0 Å². The minimum Gasteiger partial charge on any atom is -0.434 e. The number of nitrogens with zero attached hydrogens (tertiary/aromatic N) is 1. The van der Waals surface area contributed by atoms with E-state index in [2.05, 4.69) is 15.0 Å². The second-order valence-corrected chi connectivity index (χ2v) is 5.37. The zero-order valence-electron chi connectivity index (χ0n) is 12.1. The number of hydrogen-bond donors (Lipinski definition) is 2. The van der Waals surface area contributed by atoms with Gasteiger partial charge in [-0.1, -0.05) is 24.1 Å². The molecule has 0 radical (unpaired) electrons. The smallest absolute Gasteiger partial charge is 0.387 e. The van der Waals surface area contributed by atoms with Crippen LogP contribution in [-0.2, 0) is 6.54 Å². The van der Waals surface area contributed by atoms with E-state index in [-0.39, 0.29) is 12.3 Å². The molecule has 0 amide bonds. The summed E-state index contributed by atoms with van der Waals surface area (Å²) in [5.74, 6) is 1.16. The maximum Gasteiger partial charge on any atom is 0.387 e. The molecule has 0 saturated heterocycles. The molecule has 0 unspecified atom stereocenters. The van der Waals surface area contributed by atoms with Crippen molar-refractivity contribution in [1.82, 2.24) is 5.32 Å². The van der Waals surface area contributed by atoms with Crippen LogP contribution >= 0.6 is 0 Å². The predicted octanol–water partition coefficient (Wildman–Crippen LogP) is 2.80. The zero-order chi connectivity index (χ0) is 15.2. The van der Waals surface area contributed by atoms with Crippen LogP contribution in [0.2, 0.25) is 0 Å². The fourth-order valence-electron chi connectivity index (χ4n) is 2.21. The second kappa shape index (κ2) is 7.24. The third kappa shape index (κ3) is 4.88. The van der Waals surface area contributed by atoms with Crippen LogP contribution in [-0.4, -0.2) is 19.1 Å². The maximum absolute atomic E-state index is 12.4. The molecule has 0 spiro atoms. The van der Waals surface area contributed by atoms with Crippen molar-refractivity contribution in [1.29, 1.82) is 0 Å². The Morgan fingerprint density at radius 1 is 1.48 bits per heavy atom. The first-order valence-corrected chi connectivity index (χ1v) is 7.12. The standard InChI is InChI=1S/C15H21F2N3O/c1-10-5-6-13(21-14(16)17)12(7-10)9-20-15(18)19-8-11-3-2-4-11/h5-7,11,14H,2-4,8-9H2,1H3,(H3,18,19,20). The lowest BCUT2D eigenvalue weighted by Crippen LogP contribution is -2.37. The Morgan fingerprint density at radius 2 is 2.24 bits per heavy atom. The van der Waals surface area contributed by atoms with E-state index >= 15 is 0 Å². The Kier molecular flexibility index (Phi) is 5.36. The SMILES string of the molecule is Cc1ccc(OC(F)F)c(CN=C(N)NCC2CCC2)c1. The maximum atomic E-state index is 12.4. The Morgan fingerprint density at radius 3 is 2.86 bits per heavy atom. The molecule has 1 aliphatic rings. The number of nitrogens with two attached hydrogens (primary N) is 1. The van der Waals surface area contributed by atoms with Crippen molar-refractivity contribution in [2.75, 3.05) is 6.54 Å². The zero-order valence-corrected chi connectivity index (χ0v) is 12.1. The van der Waals surface area contributed by atoms with Crippen molar-refractivity contribution in [3.63, 3.8) is 0 Å². The van der Waals surface area contributed by atoms with E-state index in [1.54, 1.807) is 12.1 Å². The number of hydrogen-bond acceptors (Lipinski definition) is 2. The van der Waals surface area contributed by atoms with Crippen molar-refractivity contribution >= 4 is 5.96 Å². The Bertz CT molecular complexity index is 502. The predicted molar refractivity (Wildman–Crippen MR) is 78.5 cm³/mol. The van der Waals surface area contributed by atoms with Gasteiger partial charge in [-0.05, 0) is 31.7 Å². The lowest BCUT2D eigenvalue weighted by Gasteiger charge is -2.25. The number of nitrogens with one attached hydrogen (secondary N) is 1. The van der Waals surface area contributed by atoms with Gasteiger partial charge in [0, 0.05) is 12.1 Å². The first kappa shape index (κ1) is 15.5. The first-order chi connectivity index (χ1) is 10.0. The summed E-state index contributed by atoms with van der Waals surface area (Å²) in [6.07, 6.45) is 3.73. The molecule has 1 aliphatic carbocycles. The van der Waals surface area contributed by atoms with E-state index in [0.717, 1.165) is 12.1 Å². The normalized spacial score (nSPS) is 15.9. The monoisotopic (exact) mass is 297 g/mol. The van der Waals surface area contributed by atoms with E-state index < -0.39 is 6.61 Å². The van der Waals surface area contributed by atoms with Gasteiger partial charge in [-0.25, -0.2) is 4.99 Å². The summed E-state index contributed by atoms with van der Waals surface area (Å²) in [5, 5.41) is 3.07. The third-order valence-electron chi connectivity index (χ3n) is 3.65. The molecule has 2 rings (SSSR count). The highest BCUT2D eigenvalue weighted by molar-refractivity contribution is 5.77. The Labute approximate surface area is 123 Å². The Balaban J connectivity index is 1.94. The number of rotatable bonds is 6. The Hall–Kier alpha value is -1.85. The van der Waals surface area contributed by atoms with Gasteiger partial charge in [-0.2, -0.15) is 8.78 Å². The van der Waals surface area contributed by atoms with Gasteiger partial charge < -0.3 is 15.8 Å². The fraction of sp³-hybridized carbons (Fsp3) is 0.533. The molecule has 1 fully saturated rings. The van der Waals surface area contributed by atoms with Crippen LogP contribution in [0.5, 0.6) is 5.75 Å². The van der Waals surface area contributed by atoms with E-state index in [1.807, 2.05) is 6.92 Å². The van der Waals surface area contributed by atoms with Gasteiger partial charge in [0.25, 0.3) is 0 Å². The molecule has 0 bridgehead atoms. The van der Waals surface area contributed by atoms with Crippen molar-refractivity contribution < 1.29 is 13.5 Å². The van der Waals surface area contributed by atoms with Crippen molar-refractivity contribution in [2.24, 2.45) is 16.6 Å². The number of aliphatic imine (C=N–C) groups is 1. The summed E-state index contributed by atoms with van der Waals surface area (Å²) in [4.78, 5) is 4.19. The van der Waals surface area contributed by atoms with Crippen molar-refractivity contribution in [3.05, 3.63) is 29.3 Å². The highest BCUT2D eigenvalue weighted by Gasteiger charge is 2.16. The fourth-order valence-corrected chi connectivity index (χ4v) is 2.21. The minimum absolute atomic E-state index is 0.145. The number of halogens is 2. The molecule has 4 nitrogen and oxygen atoms in total. The molecule has 0 aromatic heterocycles. The lowest BCUT2D eigenvalue weighted by atomic mass is 9.85. The quantitative estimate of drug-likeness (QED) is 0.627. The number of benzene rings is 1. The van der Waals surface area contributed by atoms with Gasteiger partial charge in [0.05, 0.1) is 6.54 Å².